The minimum Gasteiger partial charge on any atom is -0.310 e. The Balaban J connectivity index is 2.79. The number of halogens is 1. The van der Waals surface area contributed by atoms with Crippen molar-refractivity contribution in [3.63, 3.8) is 0 Å². The van der Waals surface area contributed by atoms with Gasteiger partial charge in [-0.15, -0.1) is 0 Å². The third kappa shape index (κ3) is 3.59. The van der Waals surface area contributed by atoms with Gasteiger partial charge in [0.25, 0.3) is 0 Å². The standard InChI is InChI=1S/C12H19FN2/c1-4-5-15-12(9(2)3)10-6-11(13)8-14-7-10/h6-9,12,15H,4-5H2,1-3H3. The molecule has 0 fully saturated rings. The monoisotopic (exact) mass is 210 g/mol. The Hall–Kier alpha value is -0.960. The van der Waals surface area contributed by atoms with Crippen LogP contribution in [0.3, 0.4) is 0 Å². The van der Waals surface area contributed by atoms with Gasteiger partial charge in [0.15, 0.2) is 0 Å². The Morgan fingerprint density at radius 3 is 2.67 bits per heavy atom. The minimum atomic E-state index is -0.267. The molecule has 15 heavy (non-hydrogen) atoms. The van der Waals surface area contributed by atoms with E-state index < -0.39 is 0 Å². The molecule has 0 saturated heterocycles. The summed E-state index contributed by atoms with van der Waals surface area (Å²) < 4.78 is 13.0. The highest BCUT2D eigenvalue weighted by Crippen LogP contribution is 2.21. The molecule has 0 aliphatic rings. The second kappa shape index (κ2) is 5.81. The molecule has 0 bridgehead atoms. The molecule has 0 saturated carbocycles. The van der Waals surface area contributed by atoms with Crippen molar-refractivity contribution in [3.05, 3.63) is 29.8 Å². The molecule has 0 aromatic carbocycles. The number of pyridine rings is 1. The quantitative estimate of drug-likeness (QED) is 0.808. The second-order valence-corrected chi connectivity index (χ2v) is 4.11. The van der Waals surface area contributed by atoms with Crippen LogP contribution in [0, 0.1) is 11.7 Å². The highest BCUT2D eigenvalue weighted by atomic mass is 19.1. The smallest absolute Gasteiger partial charge is 0.141 e. The molecule has 0 radical (unpaired) electrons. The molecule has 1 aromatic heterocycles. The van der Waals surface area contributed by atoms with E-state index in [1.807, 2.05) is 0 Å². The van der Waals surface area contributed by atoms with Crippen LogP contribution >= 0.6 is 0 Å². The predicted molar refractivity (Wildman–Crippen MR) is 60.1 cm³/mol. The van der Waals surface area contributed by atoms with E-state index in [0.717, 1.165) is 18.5 Å². The first-order chi connectivity index (χ1) is 7.15. The number of hydrogen-bond donors (Lipinski definition) is 1. The summed E-state index contributed by atoms with van der Waals surface area (Å²) in [6.45, 7) is 7.31. The Morgan fingerprint density at radius 2 is 2.13 bits per heavy atom. The van der Waals surface area contributed by atoms with Gasteiger partial charge in [-0.2, -0.15) is 0 Å². The topological polar surface area (TPSA) is 24.9 Å². The van der Waals surface area contributed by atoms with Gasteiger partial charge in [-0.05, 0) is 30.5 Å². The van der Waals surface area contributed by atoms with E-state index in [1.54, 1.807) is 12.3 Å². The Morgan fingerprint density at radius 1 is 1.40 bits per heavy atom. The summed E-state index contributed by atoms with van der Waals surface area (Å²) in [5.74, 6) is 0.164. The van der Waals surface area contributed by atoms with Crippen molar-refractivity contribution >= 4 is 0 Å². The van der Waals surface area contributed by atoms with E-state index in [4.69, 9.17) is 0 Å². The van der Waals surface area contributed by atoms with Crippen LogP contribution < -0.4 is 5.32 Å². The minimum absolute atomic E-state index is 0.188. The lowest BCUT2D eigenvalue weighted by atomic mass is 9.97. The lowest BCUT2D eigenvalue weighted by Gasteiger charge is -2.22. The molecule has 1 atom stereocenters. The van der Waals surface area contributed by atoms with Crippen molar-refractivity contribution < 1.29 is 4.39 Å². The fraction of sp³-hybridized carbons (Fsp3) is 0.583. The molecule has 1 rings (SSSR count). The van der Waals surface area contributed by atoms with Gasteiger partial charge in [-0.1, -0.05) is 20.8 Å². The molecule has 84 valence electrons. The van der Waals surface area contributed by atoms with Crippen LogP contribution in [0.4, 0.5) is 4.39 Å². The Kier molecular flexibility index (Phi) is 4.69. The maximum absolute atomic E-state index is 13.0. The van der Waals surface area contributed by atoms with Crippen molar-refractivity contribution in [3.8, 4) is 0 Å². The van der Waals surface area contributed by atoms with E-state index in [0.29, 0.717) is 5.92 Å². The fourth-order valence-electron chi connectivity index (χ4n) is 1.64. The summed E-state index contributed by atoms with van der Waals surface area (Å²) in [7, 11) is 0. The zero-order chi connectivity index (χ0) is 11.3. The number of nitrogens with one attached hydrogen (secondary N) is 1. The summed E-state index contributed by atoms with van der Waals surface area (Å²) in [6, 6.07) is 1.74. The summed E-state index contributed by atoms with van der Waals surface area (Å²) in [5, 5.41) is 3.41. The number of aromatic nitrogens is 1. The molecule has 0 amide bonds. The van der Waals surface area contributed by atoms with Crippen LogP contribution in [0.5, 0.6) is 0 Å². The highest BCUT2D eigenvalue weighted by molar-refractivity contribution is 5.15. The molecule has 1 heterocycles. The number of nitrogens with zero attached hydrogens (tertiary/aromatic N) is 1. The predicted octanol–water partition coefficient (Wildman–Crippen LogP) is 2.92. The SMILES string of the molecule is CCCNC(c1cncc(F)c1)C(C)C. The van der Waals surface area contributed by atoms with Crippen LogP contribution in [-0.4, -0.2) is 11.5 Å². The van der Waals surface area contributed by atoms with Crippen molar-refractivity contribution in [1.29, 1.82) is 0 Å². The van der Waals surface area contributed by atoms with Crippen LogP contribution in [0.2, 0.25) is 0 Å². The van der Waals surface area contributed by atoms with E-state index >= 15 is 0 Å². The lowest BCUT2D eigenvalue weighted by molar-refractivity contribution is 0.410. The van der Waals surface area contributed by atoms with Gasteiger partial charge in [-0.3, -0.25) is 4.98 Å². The van der Waals surface area contributed by atoms with Crippen LogP contribution in [0.25, 0.3) is 0 Å². The lowest BCUT2D eigenvalue weighted by Crippen LogP contribution is -2.26. The van der Waals surface area contributed by atoms with Gasteiger partial charge in [0.1, 0.15) is 5.82 Å². The third-order valence-corrected chi connectivity index (χ3v) is 2.37. The Labute approximate surface area is 90.9 Å². The molecule has 0 aliphatic carbocycles. The first kappa shape index (κ1) is 12.1. The third-order valence-electron chi connectivity index (χ3n) is 2.37. The van der Waals surface area contributed by atoms with E-state index in [1.165, 1.54) is 6.20 Å². The first-order valence-corrected chi connectivity index (χ1v) is 5.49. The Bertz CT molecular complexity index is 299. The van der Waals surface area contributed by atoms with Gasteiger partial charge in [0.05, 0.1) is 6.20 Å². The van der Waals surface area contributed by atoms with Gasteiger partial charge in [-0.25, -0.2) is 4.39 Å². The van der Waals surface area contributed by atoms with Crippen molar-refractivity contribution in [2.45, 2.75) is 33.2 Å². The van der Waals surface area contributed by atoms with Gasteiger partial charge in [0, 0.05) is 12.2 Å². The molecule has 0 spiro atoms. The molecule has 1 N–H and O–H groups in total. The summed E-state index contributed by atoms with van der Waals surface area (Å²) >= 11 is 0. The molecular weight excluding hydrogens is 191 g/mol. The fourth-order valence-corrected chi connectivity index (χ4v) is 1.64. The van der Waals surface area contributed by atoms with E-state index in [9.17, 15) is 4.39 Å². The molecule has 1 unspecified atom stereocenters. The van der Waals surface area contributed by atoms with Crippen molar-refractivity contribution in [2.24, 2.45) is 5.92 Å². The summed E-state index contributed by atoms with van der Waals surface area (Å²) in [6.07, 6.45) is 4.04. The zero-order valence-electron chi connectivity index (χ0n) is 9.63. The molecule has 1 aromatic rings. The van der Waals surface area contributed by atoms with E-state index in [-0.39, 0.29) is 11.9 Å². The average molecular weight is 210 g/mol. The normalized spacial score (nSPS) is 13.1. The van der Waals surface area contributed by atoms with E-state index in [2.05, 4.69) is 31.1 Å². The average Bonchev–Trinajstić information content (AvgIpc) is 2.18. The number of rotatable bonds is 5. The summed E-state index contributed by atoms with van der Waals surface area (Å²) in [4.78, 5) is 3.88. The number of hydrogen-bond acceptors (Lipinski definition) is 2. The molecule has 2 nitrogen and oxygen atoms in total. The summed E-state index contributed by atoms with van der Waals surface area (Å²) in [5.41, 5.74) is 0.929. The largest absolute Gasteiger partial charge is 0.310 e. The zero-order valence-corrected chi connectivity index (χ0v) is 9.63. The first-order valence-electron chi connectivity index (χ1n) is 5.49. The van der Waals surface area contributed by atoms with Gasteiger partial charge >= 0.3 is 0 Å². The second-order valence-electron chi connectivity index (χ2n) is 4.11. The highest BCUT2D eigenvalue weighted by Gasteiger charge is 2.15. The van der Waals surface area contributed by atoms with Gasteiger partial charge < -0.3 is 5.32 Å². The van der Waals surface area contributed by atoms with Crippen molar-refractivity contribution in [1.82, 2.24) is 10.3 Å². The van der Waals surface area contributed by atoms with Gasteiger partial charge in [0.2, 0.25) is 0 Å². The maximum Gasteiger partial charge on any atom is 0.141 e. The maximum atomic E-state index is 13.0. The molecule has 3 heteroatoms. The van der Waals surface area contributed by atoms with Crippen LogP contribution in [0.1, 0.15) is 38.8 Å². The van der Waals surface area contributed by atoms with Crippen molar-refractivity contribution in [2.75, 3.05) is 6.54 Å². The van der Waals surface area contributed by atoms with Crippen LogP contribution in [-0.2, 0) is 0 Å². The molecule has 0 aliphatic heterocycles. The molecular formula is C12H19FN2. The van der Waals surface area contributed by atoms with Crippen LogP contribution in [0.15, 0.2) is 18.5 Å².